The highest BCUT2D eigenvalue weighted by Crippen LogP contribution is 2.33. The number of fused-ring (bicyclic) bond motifs is 1. The lowest BCUT2D eigenvalue weighted by molar-refractivity contribution is -0.385. The van der Waals surface area contributed by atoms with Gasteiger partial charge in [0.1, 0.15) is 5.70 Å². The molecule has 1 aliphatic heterocycles. The SMILES string of the molecule is O=C(N/N=C\c1ccc([N+](=O)[O-])c(O)c1)/C(=C/c1ccc2c(c1)OCO2)NC(=O)c1ccccc1. The molecule has 2 amide bonds. The number of benzene rings is 3. The lowest BCUT2D eigenvalue weighted by Gasteiger charge is -2.09. The van der Waals surface area contributed by atoms with Crippen LogP contribution in [0.2, 0.25) is 0 Å². The first-order valence-corrected chi connectivity index (χ1v) is 10.2. The predicted octanol–water partition coefficient (Wildman–Crippen LogP) is 2.95. The highest BCUT2D eigenvalue weighted by molar-refractivity contribution is 6.05. The van der Waals surface area contributed by atoms with Crippen molar-refractivity contribution in [3.8, 4) is 17.2 Å². The number of nitrogens with one attached hydrogen (secondary N) is 2. The molecule has 3 N–H and O–H groups in total. The van der Waals surface area contributed by atoms with Gasteiger partial charge in [0.25, 0.3) is 11.8 Å². The minimum absolute atomic E-state index is 0.0908. The second kappa shape index (κ2) is 10.2. The van der Waals surface area contributed by atoms with E-state index in [2.05, 4.69) is 15.8 Å². The second-order valence-electron chi connectivity index (χ2n) is 7.20. The van der Waals surface area contributed by atoms with Gasteiger partial charge in [-0.05, 0) is 53.6 Å². The Labute approximate surface area is 198 Å². The summed E-state index contributed by atoms with van der Waals surface area (Å²) in [5.74, 6) is -0.698. The topological polar surface area (TPSA) is 152 Å². The predicted molar refractivity (Wildman–Crippen MR) is 125 cm³/mol. The Kier molecular flexibility index (Phi) is 6.68. The number of carbonyl (C=O) groups is 2. The summed E-state index contributed by atoms with van der Waals surface area (Å²) in [4.78, 5) is 35.6. The molecule has 0 unspecified atom stereocenters. The molecule has 0 bridgehead atoms. The van der Waals surface area contributed by atoms with Gasteiger partial charge in [0.05, 0.1) is 11.1 Å². The molecule has 11 heteroatoms. The van der Waals surface area contributed by atoms with E-state index in [9.17, 15) is 24.8 Å². The molecule has 1 aliphatic rings. The van der Waals surface area contributed by atoms with E-state index >= 15 is 0 Å². The molecule has 0 atom stereocenters. The molecular formula is C24H18N4O7. The number of rotatable bonds is 7. The first-order valence-electron chi connectivity index (χ1n) is 10.2. The number of phenols is 1. The fourth-order valence-corrected chi connectivity index (χ4v) is 3.11. The summed E-state index contributed by atoms with van der Waals surface area (Å²) in [6.45, 7) is 0.0908. The average Bonchev–Trinajstić information content (AvgIpc) is 3.32. The van der Waals surface area contributed by atoms with Crippen LogP contribution in [-0.2, 0) is 4.79 Å². The van der Waals surface area contributed by atoms with Crippen molar-refractivity contribution in [3.63, 3.8) is 0 Å². The van der Waals surface area contributed by atoms with E-state index in [0.717, 1.165) is 12.1 Å². The third-order valence-corrected chi connectivity index (χ3v) is 4.81. The Morgan fingerprint density at radius 2 is 1.74 bits per heavy atom. The van der Waals surface area contributed by atoms with Crippen LogP contribution in [0.5, 0.6) is 17.2 Å². The van der Waals surface area contributed by atoms with E-state index in [1.165, 1.54) is 18.4 Å². The second-order valence-corrected chi connectivity index (χ2v) is 7.20. The molecule has 0 spiro atoms. The number of nitro groups is 1. The maximum atomic E-state index is 12.8. The Bertz CT molecular complexity index is 1350. The van der Waals surface area contributed by atoms with Gasteiger partial charge in [-0.2, -0.15) is 5.10 Å². The molecule has 0 saturated carbocycles. The summed E-state index contributed by atoms with van der Waals surface area (Å²) in [5.41, 5.74) is 2.97. The molecule has 0 aliphatic carbocycles. The molecule has 4 rings (SSSR count). The first-order chi connectivity index (χ1) is 16.9. The van der Waals surface area contributed by atoms with E-state index in [1.807, 2.05) is 0 Å². The smallest absolute Gasteiger partial charge is 0.310 e. The zero-order chi connectivity index (χ0) is 24.8. The van der Waals surface area contributed by atoms with E-state index in [4.69, 9.17) is 9.47 Å². The highest BCUT2D eigenvalue weighted by atomic mass is 16.7. The van der Waals surface area contributed by atoms with Crippen LogP contribution in [0, 0.1) is 10.1 Å². The van der Waals surface area contributed by atoms with Crippen LogP contribution in [0.4, 0.5) is 5.69 Å². The van der Waals surface area contributed by atoms with E-state index in [0.29, 0.717) is 28.2 Å². The number of hydrogen-bond donors (Lipinski definition) is 3. The molecule has 0 saturated heterocycles. The van der Waals surface area contributed by atoms with Crippen molar-refractivity contribution in [1.82, 2.24) is 10.7 Å². The molecule has 35 heavy (non-hydrogen) atoms. The third-order valence-electron chi connectivity index (χ3n) is 4.81. The zero-order valence-electron chi connectivity index (χ0n) is 18.0. The lowest BCUT2D eigenvalue weighted by Crippen LogP contribution is -2.32. The highest BCUT2D eigenvalue weighted by Gasteiger charge is 2.17. The van der Waals surface area contributed by atoms with E-state index in [-0.39, 0.29) is 12.5 Å². The summed E-state index contributed by atoms with van der Waals surface area (Å²) < 4.78 is 10.6. The number of carbonyl (C=O) groups excluding carboxylic acids is 2. The summed E-state index contributed by atoms with van der Waals surface area (Å²) >= 11 is 0. The molecule has 11 nitrogen and oxygen atoms in total. The van der Waals surface area contributed by atoms with Crippen LogP contribution in [0.3, 0.4) is 0 Å². The lowest BCUT2D eigenvalue weighted by atomic mass is 10.1. The minimum Gasteiger partial charge on any atom is -0.502 e. The van der Waals surface area contributed by atoms with Gasteiger partial charge in [-0.15, -0.1) is 0 Å². The van der Waals surface area contributed by atoms with Gasteiger partial charge in [-0.1, -0.05) is 24.3 Å². The monoisotopic (exact) mass is 474 g/mol. The van der Waals surface area contributed by atoms with Crippen LogP contribution >= 0.6 is 0 Å². The fourth-order valence-electron chi connectivity index (χ4n) is 3.11. The summed E-state index contributed by atoms with van der Waals surface area (Å²) in [5, 5.41) is 26.9. The molecule has 3 aromatic carbocycles. The molecule has 0 aromatic heterocycles. The Hall–Kier alpha value is -5.19. The van der Waals surface area contributed by atoms with Crippen molar-refractivity contribution in [1.29, 1.82) is 0 Å². The Morgan fingerprint density at radius 3 is 2.49 bits per heavy atom. The van der Waals surface area contributed by atoms with Crippen molar-refractivity contribution in [2.75, 3.05) is 6.79 Å². The molecule has 3 aromatic rings. The van der Waals surface area contributed by atoms with Crippen LogP contribution < -0.4 is 20.2 Å². The molecular weight excluding hydrogens is 456 g/mol. The Morgan fingerprint density at radius 1 is 1.00 bits per heavy atom. The molecule has 0 fully saturated rings. The largest absolute Gasteiger partial charge is 0.502 e. The maximum Gasteiger partial charge on any atom is 0.310 e. The summed E-state index contributed by atoms with van der Waals surface area (Å²) in [7, 11) is 0. The number of hydrazone groups is 1. The van der Waals surface area contributed by atoms with Crippen molar-refractivity contribution in [3.05, 3.63) is 99.2 Å². The third kappa shape index (κ3) is 5.60. The Balaban J connectivity index is 1.54. The van der Waals surface area contributed by atoms with Crippen LogP contribution in [0.15, 0.2) is 77.5 Å². The number of nitro benzene ring substituents is 1. The number of aromatic hydroxyl groups is 1. The maximum absolute atomic E-state index is 12.8. The number of nitrogens with zero attached hydrogens (tertiary/aromatic N) is 2. The van der Waals surface area contributed by atoms with Gasteiger partial charge in [0.15, 0.2) is 17.2 Å². The van der Waals surface area contributed by atoms with Gasteiger partial charge in [0, 0.05) is 11.6 Å². The number of amides is 2. The fraction of sp³-hybridized carbons (Fsp3) is 0.0417. The van der Waals surface area contributed by atoms with Crippen LogP contribution in [0.25, 0.3) is 6.08 Å². The van der Waals surface area contributed by atoms with Gasteiger partial charge in [-0.25, -0.2) is 5.43 Å². The number of phenolic OH excluding ortho intramolecular Hbond substituents is 1. The van der Waals surface area contributed by atoms with E-state index < -0.39 is 28.2 Å². The number of ether oxygens (including phenoxy) is 2. The van der Waals surface area contributed by atoms with Crippen LogP contribution in [-0.4, -0.2) is 34.9 Å². The molecule has 1 heterocycles. The van der Waals surface area contributed by atoms with Crippen molar-refractivity contribution < 1.29 is 29.1 Å². The molecule has 0 radical (unpaired) electrons. The van der Waals surface area contributed by atoms with Crippen molar-refractivity contribution >= 4 is 29.8 Å². The first kappa shape index (κ1) is 23.0. The van der Waals surface area contributed by atoms with Gasteiger partial charge >= 0.3 is 5.69 Å². The quantitative estimate of drug-likeness (QED) is 0.206. The van der Waals surface area contributed by atoms with Gasteiger partial charge in [-0.3, -0.25) is 19.7 Å². The zero-order valence-corrected chi connectivity index (χ0v) is 18.0. The van der Waals surface area contributed by atoms with Crippen molar-refractivity contribution in [2.24, 2.45) is 5.10 Å². The summed E-state index contributed by atoms with van der Waals surface area (Å²) in [6.07, 6.45) is 2.64. The van der Waals surface area contributed by atoms with Gasteiger partial charge in [0.2, 0.25) is 6.79 Å². The standard InChI is InChI=1S/C24H18N4O7/c29-20-11-16(6-8-19(20)28(32)33)13-25-27-24(31)18(26-23(30)17-4-2-1-3-5-17)10-15-7-9-21-22(12-15)35-14-34-21/h1-13,29H,14H2,(H,26,30)(H,27,31)/b18-10-,25-13-. The molecule has 176 valence electrons. The van der Waals surface area contributed by atoms with Crippen molar-refractivity contribution in [2.45, 2.75) is 0 Å². The van der Waals surface area contributed by atoms with Crippen LogP contribution in [0.1, 0.15) is 21.5 Å². The minimum atomic E-state index is -0.727. The average molecular weight is 474 g/mol. The van der Waals surface area contributed by atoms with E-state index in [1.54, 1.807) is 48.5 Å². The summed E-state index contributed by atoms with van der Waals surface area (Å²) in [6, 6.07) is 17.0. The van der Waals surface area contributed by atoms with Gasteiger partial charge < -0.3 is 19.9 Å². The number of hydrogen-bond acceptors (Lipinski definition) is 8. The normalized spacial score (nSPS) is 12.4.